The number of aryl methyl sites for hydroxylation is 3. The fourth-order valence-corrected chi connectivity index (χ4v) is 7.94. The van der Waals surface area contributed by atoms with Gasteiger partial charge in [0.1, 0.15) is 18.1 Å². The van der Waals surface area contributed by atoms with Gasteiger partial charge in [-0.2, -0.15) is 0 Å². The van der Waals surface area contributed by atoms with Gasteiger partial charge in [0.15, 0.2) is 0 Å². The summed E-state index contributed by atoms with van der Waals surface area (Å²) in [7, 11) is -3.82. The predicted molar refractivity (Wildman–Crippen MR) is 178 cm³/mol. The van der Waals surface area contributed by atoms with Gasteiger partial charge in [0.05, 0.1) is 29.8 Å². The van der Waals surface area contributed by atoms with Gasteiger partial charge in [-0.15, -0.1) is 0 Å². The van der Waals surface area contributed by atoms with E-state index in [2.05, 4.69) is 20.9 Å². The van der Waals surface area contributed by atoms with Crippen LogP contribution in [0.4, 0.5) is 5.69 Å². The number of fused-ring (bicyclic) bond motifs is 3. The molecule has 2 unspecified atom stereocenters. The summed E-state index contributed by atoms with van der Waals surface area (Å²) in [5.41, 5.74) is 5.13. The zero-order valence-corrected chi connectivity index (χ0v) is 28.0. The summed E-state index contributed by atoms with van der Waals surface area (Å²) >= 11 is 6.34. The molecule has 1 aliphatic carbocycles. The molecule has 1 N–H and O–H groups in total. The Hall–Kier alpha value is -3.34. The van der Waals surface area contributed by atoms with E-state index in [4.69, 9.17) is 25.6 Å². The highest BCUT2D eigenvalue weighted by molar-refractivity contribution is 7.90. The molecular weight excluding hydrogens is 626 g/mol. The molecule has 2 bridgehead atoms. The second-order valence-electron chi connectivity index (χ2n) is 12.7. The molecule has 3 aliphatic rings. The molecule has 3 aromatic rings. The van der Waals surface area contributed by atoms with Crippen LogP contribution in [0.3, 0.4) is 0 Å². The number of carbonyl (C=O) groups excluding carboxylic acids is 1. The first kappa shape index (κ1) is 32.6. The lowest BCUT2D eigenvalue weighted by Gasteiger charge is -2.44. The number of amides is 1. The monoisotopic (exact) mass is 667 g/mol. The normalized spacial score (nSPS) is 24.3. The van der Waals surface area contributed by atoms with Crippen molar-refractivity contribution in [3.8, 4) is 5.75 Å². The van der Waals surface area contributed by atoms with E-state index in [9.17, 15) is 13.2 Å². The van der Waals surface area contributed by atoms with Gasteiger partial charge in [-0.1, -0.05) is 35.0 Å². The molecule has 0 spiro atoms. The highest BCUT2D eigenvalue weighted by Gasteiger charge is 2.38. The molecule has 9 nitrogen and oxygen atoms in total. The number of sulfonamides is 1. The maximum atomic E-state index is 13.2. The first-order chi connectivity index (χ1) is 22.2. The molecule has 246 valence electrons. The Morgan fingerprint density at radius 1 is 1.09 bits per heavy atom. The van der Waals surface area contributed by atoms with Crippen molar-refractivity contribution in [3.63, 3.8) is 0 Å². The average Bonchev–Trinajstić information content (AvgIpc) is 3.31. The van der Waals surface area contributed by atoms with Gasteiger partial charge in [-0.3, -0.25) is 4.79 Å². The van der Waals surface area contributed by atoms with Gasteiger partial charge in [0.2, 0.25) is 10.0 Å². The number of hydrogen-bond acceptors (Lipinski definition) is 8. The van der Waals surface area contributed by atoms with Crippen molar-refractivity contribution in [2.75, 3.05) is 23.7 Å². The van der Waals surface area contributed by atoms with Crippen LogP contribution in [0.1, 0.15) is 77.0 Å². The summed E-state index contributed by atoms with van der Waals surface area (Å²) in [5.74, 6) is 1.28. The number of benzene rings is 2. The standard InChI is InChI=1S/C35H42ClN3O6S/c1-23-31(24(2)45-37-23)22-44-33-9-4-3-7-17-46(41,42)38-35(40)26-12-15-34-32(19-26)39(20-27-11-14-30(27)33)16-6-5-8-25-18-29(36)13-10-28(25)21-43-34/h4,9-10,12-13,15,18-19,27,30,33H,3,5-8,11,14,16-17,20-22H2,1-2H3,(H,38,40)/b9-4+/t27?,30?,33-/m1/s1. The molecule has 11 heteroatoms. The van der Waals surface area contributed by atoms with Crippen molar-refractivity contribution < 1.29 is 27.2 Å². The van der Waals surface area contributed by atoms with E-state index in [-0.39, 0.29) is 23.3 Å². The Morgan fingerprint density at radius 3 is 2.74 bits per heavy atom. The first-order valence-corrected chi connectivity index (χ1v) is 18.2. The van der Waals surface area contributed by atoms with E-state index in [0.29, 0.717) is 42.7 Å². The van der Waals surface area contributed by atoms with E-state index < -0.39 is 15.9 Å². The van der Waals surface area contributed by atoms with Crippen molar-refractivity contribution in [3.05, 3.63) is 87.3 Å². The summed E-state index contributed by atoms with van der Waals surface area (Å²) < 4.78 is 46.4. The Kier molecular flexibility index (Phi) is 10.1. The lowest BCUT2D eigenvalue weighted by atomic mass is 9.70. The van der Waals surface area contributed by atoms with Crippen molar-refractivity contribution in [2.45, 2.75) is 78.1 Å². The van der Waals surface area contributed by atoms with E-state index in [1.165, 1.54) is 5.56 Å². The minimum Gasteiger partial charge on any atom is -0.487 e. The molecule has 1 saturated carbocycles. The molecule has 2 aliphatic heterocycles. The van der Waals surface area contributed by atoms with Crippen LogP contribution in [0.2, 0.25) is 5.02 Å². The van der Waals surface area contributed by atoms with Gasteiger partial charge in [-0.25, -0.2) is 13.1 Å². The van der Waals surface area contributed by atoms with Gasteiger partial charge in [0, 0.05) is 29.2 Å². The number of carbonyl (C=O) groups is 1. The van der Waals surface area contributed by atoms with Crippen molar-refractivity contribution in [2.24, 2.45) is 11.8 Å². The van der Waals surface area contributed by atoms with Crippen LogP contribution in [0.5, 0.6) is 5.75 Å². The highest BCUT2D eigenvalue weighted by atomic mass is 35.5. The van der Waals surface area contributed by atoms with Crippen LogP contribution in [-0.2, 0) is 34.4 Å². The SMILES string of the molecule is Cc1noc(C)c1CO[C@@H]1/C=C/CCCS(=O)(=O)NC(=O)c2ccc3c(c2)N(CCCCc2cc(Cl)ccc2CO3)CC2CCC21. The fourth-order valence-electron chi connectivity index (χ4n) is 6.70. The third-order valence-electron chi connectivity index (χ3n) is 9.55. The molecular formula is C35H42ClN3O6S. The third-order valence-corrected chi connectivity index (χ3v) is 11.1. The number of allylic oxidation sites excluding steroid dienone is 1. The van der Waals surface area contributed by atoms with Crippen LogP contribution in [-0.4, -0.2) is 44.4 Å². The van der Waals surface area contributed by atoms with Crippen LogP contribution in [0.25, 0.3) is 0 Å². The number of nitrogens with one attached hydrogen (secondary N) is 1. The fraction of sp³-hybridized carbons (Fsp3) is 0.486. The van der Waals surface area contributed by atoms with Crippen LogP contribution < -0.4 is 14.4 Å². The molecule has 1 fully saturated rings. The van der Waals surface area contributed by atoms with E-state index in [0.717, 1.165) is 73.5 Å². The third kappa shape index (κ3) is 7.61. The molecule has 1 aromatic heterocycles. The first-order valence-electron chi connectivity index (χ1n) is 16.2. The van der Waals surface area contributed by atoms with Crippen LogP contribution in [0, 0.1) is 25.7 Å². The van der Waals surface area contributed by atoms with E-state index in [1.54, 1.807) is 18.2 Å². The maximum absolute atomic E-state index is 13.2. The summed E-state index contributed by atoms with van der Waals surface area (Å²) in [6, 6.07) is 11.1. The molecule has 0 saturated heterocycles. The lowest BCUT2D eigenvalue weighted by molar-refractivity contribution is -0.0229. The summed E-state index contributed by atoms with van der Waals surface area (Å²) in [6.07, 6.45) is 9.82. The number of anilines is 1. The Labute approximate surface area is 276 Å². The van der Waals surface area contributed by atoms with Gasteiger partial charge in [0.25, 0.3) is 5.91 Å². The number of rotatable bonds is 3. The number of halogens is 1. The second kappa shape index (κ2) is 14.2. The van der Waals surface area contributed by atoms with Crippen molar-refractivity contribution in [1.29, 1.82) is 0 Å². The lowest BCUT2D eigenvalue weighted by Crippen LogP contribution is -2.44. The molecule has 46 heavy (non-hydrogen) atoms. The maximum Gasteiger partial charge on any atom is 0.264 e. The number of aromatic nitrogens is 1. The quantitative estimate of drug-likeness (QED) is 0.308. The predicted octanol–water partition coefficient (Wildman–Crippen LogP) is 6.69. The second-order valence-corrected chi connectivity index (χ2v) is 15.0. The number of hydrogen-bond donors (Lipinski definition) is 1. The molecule has 1 amide bonds. The van der Waals surface area contributed by atoms with Crippen LogP contribution >= 0.6 is 11.6 Å². The molecule has 6 rings (SSSR count). The summed E-state index contributed by atoms with van der Waals surface area (Å²) in [5, 5.41) is 4.79. The summed E-state index contributed by atoms with van der Waals surface area (Å²) in [6.45, 7) is 6.11. The van der Waals surface area contributed by atoms with Crippen molar-refractivity contribution in [1.82, 2.24) is 9.88 Å². The minimum absolute atomic E-state index is 0.137. The Balaban J connectivity index is 1.33. The zero-order valence-electron chi connectivity index (χ0n) is 26.5. The highest BCUT2D eigenvalue weighted by Crippen LogP contribution is 2.42. The van der Waals surface area contributed by atoms with Crippen molar-refractivity contribution >= 4 is 33.2 Å². The van der Waals surface area contributed by atoms with Gasteiger partial charge >= 0.3 is 0 Å². The molecule has 0 radical (unpaired) electrons. The van der Waals surface area contributed by atoms with E-state index in [1.807, 2.05) is 38.1 Å². The molecule has 2 aromatic carbocycles. The Bertz CT molecular complexity index is 1680. The molecule has 3 heterocycles. The number of ether oxygens (including phenoxy) is 2. The largest absolute Gasteiger partial charge is 0.487 e. The zero-order chi connectivity index (χ0) is 32.3. The van der Waals surface area contributed by atoms with E-state index >= 15 is 0 Å². The Morgan fingerprint density at radius 2 is 1.96 bits per heavy atom. The molecule has 3 atom stereocenters. The van der Waals surface area contributed by atoms with Gasteiger partial charge < -0.3 is 18.9 Å². The smallest absolute Gasteiger partial charge is 0.264 e. The van der Waals surface area contributed by atoms with Crippen LogP contribution in [0.15, 0.2) is 53.1 Å². The minimum atomic E-state index is -3.82. The number of nitrogens with zero attached hydrogens (tertiary/aromatic N) is 2. The average molecular weight is 668 g/mol. The topological polar surface area (TPSA) is 111 Å². The van der Waals surface area contributed by atoms with Gasteiger partial charge in [-0.05, 0) is 112 Å². The summed E-state index contributed by atoms with van der Waals surface area (Å²) in [4.78, 5) is 15.5.